The largest absolute Gasteiger partial charge is 0.354 e. The third kappa shape index (κ3) is 3.37. The maximum atomic E-state index is 13.2. The lowest BCUT2D eigenvalue weighted by Crippen LogP contribution is -2.35. The summed E-state index contributed by atoms with van der Waals surface area (Å²) < 4.78 is 0. The Hall–Kier alpha value is -3.17. The topological polar surface area (TPSA) is 73.1 Å². The predicted molar refractivity (Wildman–Crippen MR) is 108 cm³/mol. The van der Waals surface area contributed by atoms with Crippen LogP contribution in [-0.4, -0.2) is 47.0 Å². The predicted octanol–water partition coefficient (Wildman–Crippen LogP) is 3.51. The number of carbonyl (C=O) groups is 1. The van der Waals surface area contributed by atoms with Gasteiger partial charge < -0.3 is 9.80 Å². The van der Waals surface area contributed by atoms with E-state index in [0.29, 0.717) is 47.1 Å². The fraction of sp³-hybridized carbons (Fsp3) is 0.238. The van der Waals surface area contributed by atoms with E-state index in [-0.39, 0.29) is 5.91 Å². The lowest BCUT2D eigenvalue weighted by Gasteiger charge is -2.23. The summed E-state index contributed by atoms with van der Waals surface area (Å²) in [7, 11) is 0. The van der Waals surface area contributed by atoms with Gasteiger partial charge in [0.1, 0.15) is 11.9 Å². The quantitative estimate of drug-likeness (QED) is 0.668. The fourth-order valence-corrected chi connectivity index (χ4v) is 3.76. The van der Waals surface area contributed by atoms with Gasteiger partial charge in [0.15, 0.2) is 0 Å². The normalized spacial score (nSPS) is 14.6. The van der Waals surface area contributed by atoms with Gasteiger partial charge in [0.05, 0.1) is 21.7 Å². The molecule has 2 aromatic heterocycles. The second-order valence-electron chi connectivity index (χ2n) is 6.61. The summed E-state index contributed by atoms with van der Waals surface area (Å²) in [4.78, 5) is 25.9. The number of carbonyl (C=O) groups excluding carboxylic acids is 1. The summed E-state index contributed by atoms with van der Waals surface area (Å²) in [5, 5.41) is 10.7. The minimum Gasteiger partial charge on any atom is -0.354 e. The van der Waals surface area contributed by atoms with Crippen molar-refractivity contribution in [1.82, 2.24) is 14.9 Å². The number of amides is 1. The molecule has 1 amide bonds. The molecule has 6 nitrogen and oxygen atoms in total. The van der Waals surface area contributed by atoms with Crippen LogP contribution >= 0.6 is 11.6 Å². The molecule has 3 aromatic rings. The summed E-state index contributed by atoms with van der Waals surface area (Å²) in [6.45, 7) is 2.56. The average molecular weight is 392 g/mol. The van der Waals surface area contributed by atoms with Crippen LogP contribution in [0.5, 0.6) is 0 Å². The van der Waals surface area contributed by atoms with Gasteiger partial charge in [-0.05, 0) is 42.8 Å². The van der Waals surface area contributed by atoms with Crippen LogP contribution < -0.4 is 4.90 Å². The number of nitriles is 1. The molecule has 28 heavy (non-hydrogen) atoms. The van der Waals surface area contributed by atoms with Gasteiger partial charge in [-0.2, -0.15) is 5.26 Å². The molecular formula is C21H18ClN5O. The fourth-order valence-electron chi connectivity index (χ4n) is 3.55. The van der Waals surface area contributed by atoms with Crippen LogP contribution in [0.3, 0.4) is 0 Å². The Morgan fingerprint density at radius 3 is 2.71 bits per heavy atom. The summed E-state index contributed by atoms with van der Waals surface area (Å²) in [6.07, 6.45) is 4.16. The number of nitrogens with zero attached hydrogens (tertiary/aromatic N) is 5. The molecule has 140 valence electrons. The van der Waals surface area contributed by atoms with Crippen molar-refractivity contribution in [2.75, 3.05) is 31.1 Å². The Bertz CT molecular complexity index is 1080. The molecule has 4 rings (SSSR count). The molecule has 0 N–H and O–H groups in total. The molecule has 1 aliphatic heterocycles. The molecule has 1 fully saturated rings. The number of fused-ring (bicyclic) bond motifs is 1. The first-order valence-corrected chi connectivity index (χ1v) is 9.49. The van der Waals surface area contributed by atoms with E-state index in [4.69, 9.17) is 11.6 Å². The molecule has 0 spiro atoms. The number of anilines is 1. The number of halogens is 1. The zero-order valence-corrected chi connectivity index (χ0v) is 15.9. The van der Waals surface area contributed by atoms with Gasteiger partial charge in [0.2, 0.25) is 0 Å². The molecule has 0 saturated carbocycles. The van der Waals surface area contributed by atoms with Crippen molar-refractivity contribution in [3.8, 4) is 6.07 Å². The number of aromatic nitrogens is 2. The first-order chi connectivity index (χ1) is 13.7. The van der Waals surface area contributed by atoms with Gasteiger partial charge in [-0.3, -0.25) is 9.78 Å². The van der Waals surface area contributed by atoms with Gasteiger partial charge in [0, 0.05) is 44.0 Å². The Balaban J connectivity index is 1.58. The van der Waals surface area contributed by atoms with E-state index in [0.717, 1.165) is 18.4 Å². The number of hydrogen-bond donors (Lipinski definition) is 0. The third-order valence-electron chi connectivity index (χ3n) is 4.94. The van der Waals surface area contributed by atoms with Gasteiger partial charge >= 0.3 is 0 Å². The molecule has 0 bridgehead atoms. The molecule has 0 unspecified atom stereocenters. The number of benzene rings is 1. The highest BCUT2D eigenvalue weighted by atomic mass is 35.5. The van der Waals surface area contributed by atoms with Crippen LogP contribution in [0.2, 0.25) is 5.02 Å². The smallest absolute Gasteiger partial charge is 0.256 e. The van der Waals surface area contributed by atoms with Crippen LogP contribution in [-0.2, 0) is 0 Å². The molecule has 0 atom stereocenters. The van der Waals surface area contributed by atoms with E-state index < -0.39 is 0 Å². The van der Waals surface area contributed by atoms with Crippen LogP contribution in [0.25, 0.3) is 10.9 Å². The number of hydrogen-bond acceptors (Lipinski definition) is 5. The minimum absolute atomic E-state index is 0.0521. The zero-order valence-electron chi connectivity index (χ0n) is 15.2. The van der Waals surface area contributed by atoms with Gasteiger partial charge in [-0.15, -0.1) is 0 Å². The van der Waals surface area contributed by atoms with Gasteiger partial charge in [0.25, 0.3) is 5.91 Å². The second kappa shape index (κ2) is 7.83. The van der Waals surface area contributed by atoms with Crippen LogP contribution in [0, 0.1) is 11.3 Å². The monoisotopic (exact) mass is 391 g/mol. The first-order valence-electron chi connectivity index (χ1n) is 9.11. The maximum Gasteiger partial charge on any atom is 0.256 e. The van der Waals surface area contributed by atoms with E-state index in [1.807, 2.05) is 17.0 Å². The maximum absolute atomic E-state index is 13.2. The van der Waals surface area contributed by atoms with Gasteiger partial charge in [-0.25, -0.2) is 4.98 Å². The van der Waals surface area contributed by atoms with E-state index in [2.05, 4.69) is 20.9 Å². The van der Waals surface area contributed by atoms with Gasteiger partial charge in [-0.1, -0.05) is 11.6 Å². The second-order valence-corrected chi connectivity index (χ2v) is 7.02. The van der Waals surface area contributed by atoms with E-state index in [1.54, 1.807) is 36.7 Å². The molecule has 3 heterocycles. The van der Waals surface area contributed by atoms with Crippen molar-refractivity contribution in [1.29, 1.82) is 5.26 Å². The molecule has 0 aliphatic carbocycles. The first kappa shape index (κ1) is 18.2. The molecular weight excluding hydrogens is 374 g/mol. The van der Waals surface area contributed by atoms with Crippen molar-refractivity contribution in [3.63, 3.8) is 0 Å². The Morgan fingerprint density at radius 1 is 1.04 bits per heavy atom. The summed E-state index contributed by atoms with van der Waals surface area (Å²) in [5.74, 6) is 0.627. The van der Waals surface area contributed by atoms with E-state index in [9.17, 15) is 10.1 Å². The van der Waals surface area contributed by atoms with Crippen molar-refractivity contribution < 1.29 is 4.79 Å². The van der Waals surface area contributed by atoms with Crippen LogP contribution in [0.1, 0.15) is 22.3 Å². The molecule has 0 radical (unpaired) electrons. The summed E-state index contributed by atoms with van der Waals surface area (Å²) in [5.41, 5.74) is 1.73. The SMILES string of the molecule is N#Cc1cccnc1N1CCCN(C(=O)c2ccc(Cl)c3cccnc23)CC1. The van der Waals surface area contributed by atoms with Crippen molar-refractivity contribution in [2.24, 2.45) is 0 Å². The standard InChI is InChI=1S/C21H18ClN5O/c22-18-7-6-17(19-16(18)5-2-8-24-19)21(28)27-11-3-10-26(12-13-27)20-15(14-23)4-1-9-25-20/h1-2,4-9H,3,10-13H2. The average Bonchev–Trinajstić information content (AvgIpc) is 3.00. The summed E-state index contributed by atoms with van der Waals surface area (Å²) in [6, 6.07) is 12.9. The molecule has 1 saturated heterocycles. The lowest BCUT2D eigenvalue weighted by molar-refractivity contribution is 0.0769. The van der Waals surface area contributed by atoms with Crippen LogP contribution in [0.15, 0.2) is 48.8 Å². The highest BCUT2D eigenvalue weighted by molar-refractivity contribution is 6.36. The Kier molecular flexibility index (Phi) is 5.09. The van der Waals surface area contributed by atoms with Crippen molar-refractivity contribution in [2.45, 2.75) is 6.42 Å². The lowest BCUT2D eigenvalue weighted by atomic mass is 10.1. The Labute approximate surface area is 168 Å². The minimum atomic E-state index is -0.0521. The number of rotatable bonds is 2. The number of pyridine rings is 2. The zero-order chi connectivity index (χ0) is 19.5. The van der Waals surface area contributed by atoms with Crippen LogP contribution in [0.4, 0.5) is 5.82 Å². The molecule has 7 heteroatoms. The Morgan fingerprint density at radius 2 is 1.86 bits per heavy atom. The summed E-state index contributed by atoms with van der Waals surface area (Å²) >= 11 is 6.26. The highest BCUT2D eigenvalue weighted by Gasteiger charge is 2.24. The molecule has 1 aromatic carbocycles. The van der Waals surface area contributed by atoms with E-state index in [1.165, 1.54) is 0 Å². The highest BCUT2D eigenvalue weighted by Crippen LogP contribution is 2.26. The molecule has 1 aliphatic rings. The third-order valence-corrected chi connectivity index (χ3v) is 5.27. The van der Waals surface area contributed by atoms with Crippen molar-refractivity contribution in [3.05, 3.63) is 64.9 Å². The van der Waals surface area contributed by atoms with Crippen molar-refractivity contribution >= 4 is 34.2 Å². The van der Waals surface area contributed by atoms with E-state index >= 15 is 0 Å².